The summed E-state index contributed by atoms with van der Waals surface area (Å²) < 4.78 is 22.2. The van der Waals surface area contributed by atoms with Gasteiger partial charge in [-0.25, -0.2) is 14.4 Å². The van der Waals surface area contributed by atoms with Gasteiger partial charge in [-0.05, 0) is 92.4 Å². The van der Waals surface area contributed by atoms with Crippen molar-refractivity contribution in [2.45, 2.75) is 201 Å². The minimum Gasteiger partial charge on any atom is -0.466 e. The molecule has 2 aromatic carbocycles. The van der Waals surface area contributed by atoms with E-state index in [0.717, 1.165) is 12.2 Å². The predicted octanol–water partition coefficient (Wildman–Crippen LogP) is 5.00. The van der Waals surface area contributed by atoms with Crippen molar-refractivity contribution in [2.24, 2.45) is 35.3 Å². The zero-order valence-corrected chi connectivity index (χ0v) is 58.9. The number of hydrogen-bond donors (Lipinski definition) is 9. The van der Waals surface area contributed by atoms with E-state index in [1.807, 2.05) is 32.0 Å². The summed E-state index contributed by atoms with van der Waals surface area (Å²) in [6.45, 7) is 18.7. The van der Waals surface area contributed by atoms with E-state index in [-0.39, 0.29) is 68.4 Å². The quantitative estimate of drug-likeness (QED) is 0.0241. The summed E-state index contributed by atoms with van der Waals surface area (Å²) in [5.74, 6) is -6.40. The average molecular weight is 1350 g/mol. The Morgan fingerprint density at radius 2 is 1.34 bits per heavy atom. The molecule has 27 heteroatoms. The van der Waals surface area contributed by atoms with Crippen LogP contribution in [0.5, 0.6) is 0 Å². The van der Waals surface area contributed by atoms with Crippen molar-refractivity contribution in [3.05, 3.63) is 77.9 Å². The van der Waals surface area contributed by atoms with Crippen LogP contribution in [-0.4, -0.2) is 195 Å². The lowest BCUT2D eigenvalue weighted by molar-refractivity contribution is -0.148. The van der Waals surface area contributed by atoms with Crippen molar-refractivity contribution in [1.29, 1.82) is 0 Å². The number of aliphatic hydroxyl groups excluding tert-OH is 1. The fourth-order valence-corrected chi connectivity index (χ4v) is 11.7. The summed E-state index contributed by atoms with van der Waals surface area (Å²) in [5, 5.41) is 30.3. The number of carbonyl (C=O) groups excluding carboxylic acids is 11. The number of primary amides is 1. The number of anilines is 1. The Morgan fingerprint density at radius 3 is 1.93 bits per heavy atom. The molecule has 536 valence electrons. The number of nitrogens with one attached hydrogen (secondary N) is 7. The topological polar surface area (TPSA) is 365 Å². The molecule has 1 saturated heterocycles. The molecule has 11 amide bonds. The summed E-state index contributed by atoms with van der Waals surface area (Å²) >= 11 is 0. The van der Waals surface area contributed by atoms with Crippen molar-refractivity contribution in [2.75, 3.05) is 60.4 Å². The van der Waals surface area contributed by atoms with Crippen LogP contribution in [0.25, 0.3) is 0 Å². The van der Waals surface area contributed by atoms with Crippen LogP contribution in [0.15, 0.2) is 66.7 Å². The summed E-state index contributed by atoms with van der Waals surface area (Å²) in [6.07, 6.45) is 2.68. The third-order valence-electron chi connectivity index (χ3n) is 17.5. The lowest BCUT2D eigenvalue weighted by Crippen LogP contribution is -2.60. The van der Waals surface area contributed by atoms with E-state index in [2.05, 4.69) is 42.0 Å². The number of nitrogens with zero attached hydrogens (tertiary/aromatic N) is 3. The van der Waals surface area contributed by atoms with Gasteiger partial charge in [0.2, 0.25) is 47.3 Å². The Labute approximate surface area is 566 Å². The Balaban J connectivity index is 1.67. The third-order valence-corrected chi connectivity index (χ3v) is 17.5. The molecule has 1 unspecified atom stereocenters. The van der Waals surface area contributed by atoms with Crippen LogP contribution in [0.3, 0.4) is 0 Å². The molecule has 1 heterocycles. The number of benzene rings is 2. The first-order valence-electron chi connectivity index (χ1n) is 33.3. The molecule has 1 fully saturated rings. The first-order valence-corrected chi connectivity index (χ1v) is 33.3. The molecule has 10 N–H and O–H groups in total. The molecule has 27 nitrogen and oxygen atoms in total. The van der Waals surface area contributed by atoms with Gasteiger partial charge in [0.1, 0.15) is 30.8 Å². The normalized spacial score (nSPS) is 16.5. The van der Waals surface area contributed by atoms with Crippen LogP contribution in [0, 0.1) is 29.6 Å². The van der Waals surface area contributed by atoms with Gasteiger partial charge < -0.3 is 76.8 Å². The van der Waals surface area contributed by atoms with Crippen molar-refractivity contribution in [1.82, 2.24) is 46.6 Å². The SMILES string of the molecule is CC[C@H](C)[C@@H]([C@@H](CC(=O)N1CCC[C@H]1[C@H](OC)[C@@H](C)C(=O)N[C@H](C)[C@@H](O)c1ccccc1)OC)N(C)C(=O)[C@@H](NC(=O)[C@H](C(C)C)N(C)C(=O)OCc1ccc(NC(=O)C(CCCNC(N)=O)NC(=O)[C@@H](NC(=O)CCCCCNC(=O)/C=C\C(=O)OC)C(C)C)cc1)C(C)C. The number of ether oxygens (including phenoxy) is 4. The smallest absolute Gasteiger partial charge is 0.410 e. The Hall–Kier alpha value is -8.17. The zero-order valence-electron chi connectivity index (χ0n) is 58.9. The second kappa shape index (κ2) is 41.7. The number of carbonyl (C=O) groups is 11. The number of esters is 1. The third kappa shape index (κ3) is 26.1. The number of likely N-dealkylation sites (tertiary alicyclic amines) is 1. The van der Waals surface area contributed by atoms with Crippen LogP contribution in [0.2, 0.25) is 0 Å². The van der Waals surface area contributed by atoms with Gasteiger partial charge in [0.05, 0.1) is 55.9 Å². The van der Waals surface area contributed by atoms with Crippen molar-refractivity contribution < 1.29 is 76.8 Å². The minimum atomic E-state index is -1.12. The van der Waals surface area contributed by atoms with Gasteiger partial charge in [-0.1, -0.05) is 118 Å². The molecule has 0 aromatic heterocycles. The summed E-state index contributed by atoms with van der Waals surface area (Å²) in [6, 6.07) is 8.71. The van der Waals surface area contributed by atoms with Crippen molar-refractivity contribution >= 4 is 71.0 Å². The number of methoxy groups -OCH3 is 3. The first-order chi connectivity index (χ1) is 45.4. The number of amides is 11. The monoisotopic (exact) mass is 1350 g/mol. The lowest BCUT2D eigenvalue weighted by Gasteiger charge is -2.41. The van der Waals surface area contributed by atoms with E-state index >= 15 is 0 Å². The summed E-state index contributed by atoms with van der Waals surface area (Å²) in [4.78, 5) is 151. The molecule has 96 heavy (non-hydrogen) atoms. The molecule has 0 bridgehead atoms. The van der Waals surface area contributed by atoms with Crippen molar-refractivity contribution in [3.8, 4) is 0 Å². The molecule has 0 aliphatic carbocycles. The first kappa shape index (κ1) is 82.1. The maximum atomic E-state index is 14.8. The number of nitrogens with two attached hydrogens (primary N) is 1. The molecule has 2 aromatic rings. The lowest BCUT2D eigenvalue weighted by atomic mass is 9.89. The summed E-state index contributed by atoms with van der Waals surface area (Å²) in [5.41, 5.74) is 6.77. The second-order valence-electron chi connectivity index (χ2n) is 25.8. The molecule has 1 aliphatic heterocycles. The van der Waals surface area contributed by atoms with Gasteiger partial charge in [-0.15, -0.1) is 0 Å². The maximum Gasteiger partial charge on any atom is 0.410 e. The average Bonchev–Trinajstić information content (AvgIpc) is 1.34. The van der Waals surface area contributed by atoms with E-state index in [9.17, 15) is 57.8 Å². The molecule has 0 radical (unpaired) electrons. The van der Waals surface area contributed by atoms with Gasteiger partial charge in [0.15, 0.2) is 0 Å². The summed E-state index contributed by atoms with van der Waals surface area (Å²) in [7, 11) is 7.27. The van der Waals surface area contributed by atoms with Crippen LogP contribution in [0.4, 0.5) is 15.3 Å². The van der Waals surface area contributed by atoms with Crippen molar-refractivity contribution in [3.63, 3.8) is 0 Å². The maximum absolute atomic E-state index is 14.8. The highest BCUT2D eigenvalue weighted by atomic mass is 16.6. The van der Waals surface area contributed by atoms with Crippen LogP contribution in [0.1, 0.15) is 151 Å². The van der Waals surface area contributed by atoms with Crippen LogP contribution in [-0.2, 0) is 68.7 Å². The van der Waals surface area contributed by atoms with Crippen LogP contribution >= 0.6 is 0 Å². The fraction of sp³-hybridized carbons (Fsp3) is 0.638. The van der Waals surface area contributed by atoms with Gasteiger partial charge in [0.25, 0.3) is 0 Å². The second-order valence-corrected chi connectivity index (χ2v) is 25.8. The number of rotatable bonds is 40. The molecular weight excluding hydrogens is 1240 g/mol. The number of likely N-dealkylation sites (N-methyl/N-ethyl adjacent to an activating group) is 2. The Kier molecular flexibility index (Phi) is 35.7. The highest BCUT2D eigenvalue weighted by Gasteiger charge is 2.44. The molecule has 12 atom stereocenters. The number of unbranched alkanes of at least 4 members (excludes halogenated alkanes) is 2. The molecule has 1 aliphatic rings. The van der Waals surface area contributed by atoms with Gasteiger partial charge in [-0.2, -0.15) is 0 Å². The van der Waals surface area contributed by atoms with Crippen LogP contribution < -0.4 is 43.0 Å². The predicted molar refractivity (Wildman–Crippen MR) is 362 cm³/mol. The van der Waals surface area contributed by atoms with Gasteiger partial charge >= 0.3 is 18.1 Å². The van der Waals surface area contributed by atoms with E-state index in [1.165, 1.54) is 33.3 Å². The number of urea groups is 1. The molecule has 0 saturated carbocycles. The molecule has 3 rings (SSSR count). The highest BCUT2D eigenvalue weighted by Crippen LogP contribution is 2.31. The Morgan fingerprint density at radius 1 is 0.698 bits per heavy atom. The van der Waals surface area contributed by atoms with E-state index in [1.54, 1.807) is 109 Å². The molecular formula is C69H109N11O16. The Bertz CT molecular complexity index is 2880. The van der Waals surface area contributed by atoms with Gasteiger partial charge in [0, 0.05) is 72.2 Å². The molecule has 0 spiro atoms. The van der Waals surface area contributed by atoms with E-state index in [0.29, 0.717) is 68.4 Å². The minimum absolute atomic E-state index is 0.0816. The number of hydrogen-bond acceptors (Lipinski definition) is 16. The zero-order chi connectivity index (χ0) is 71.9. The largest absolute Gasteiger partial charge is 0.466 e. The fourth-order valence-electron chi connectivity index (χ4n) is 11.7. The number of aliphatic hydroxyl groups is 1. The highest BCUT2D eigenvalue weighted by molar-refractivity contribution is 5.99. The van der Waals surface area contributed by atoms with E-state index in [4.69, 9.17) is 19.9 Å². The van der Waals surface area contributed by atoms with E-state index < -0.39 is 126 Å². The van der Waals surface area contributed by atoms with Gasteiger partial charge in [-0.3, -0.25) is 43.3 Å². The standard InChI is InChI=1S/C69H109N11O16/c1-16-44(8)60(52(93-13)39-55(83)80-38-24-28-51(80)62(95-15)45(9)63(86)73-46(10)61(85)48-25-19-17-20-26-48)78(11)67(90)58(42(4)5)77-66(89)59(43(6)7)79(12)69(92)96-40-47-30-32-49(33-31-47)74-64(87)50(27-23-37-72-68(70)91)75-65(88)57(41(2)3)76-54(82)29-21-18-22-36-71-53(81)34-35-56(84)94-14/h17,19-20,25-26,30-35,41-46,50-52,57-62,85H,16,18,21-24,27-29,36-40H2,1-15H3,(H,71,81)(H,73,86)(H,74,87)(H,75,88)(H,76,82)(H,77,89)(H3,70,72,91)/b35-34-/t44-,45+,46+,50?,51-,52+,57-,58-,59-,60-,61+,62+/m0/s1.